The van der Waals surface area contributed by atoms with E-state index in [0.29, 0.717) is 22.8 Å². The maximum atomic E-state index is 11.6. The van der Waals surface area contributed by atoms with E-state index in [2.05, 4.69) is 10.1 Å². The molecular formula is C12H9N3O3. The Labute approximate surface area is 102 Å². The fourth-order valence-electron chi connectivity index (χ4n) is 1.69. The van der Waals surface area contributed by atoms with Crippen molar-refractivity contribution in [2.75, 3.05) is 7.11 Å². The van der Waals surface area contributed by atoms with Crippen molar-refractivity contribution in [3.63, 3.8) is 0 Å². The van der Waals surface area contributed by atoms with Gasteiger partial charge < -0.3 is 9.15 Å². The zero-order chi connectivity index (χ0) is 12.5. The van der Waals surface area contributed by atoms with Crippen LogP contribution in [0.4, 0.5) is 0 Å². The Morgan fingerprint density at radius 1 is 1.39 bits per heavy atom. The van der Waals surface area contributed by atoms with Crippen LogP contribution in [0.3, 0.4) is 0 Å². The van der Waals surface area contributed by atoms with Crippen molar-refractivity contribution in [3.8, 4) is 11.6 Å². The van der Waals surface area contributed by atoms with Gasteiger partial charge in [-0.3, -0.25) is 0 Å². The van der Waals surface area contributed by atoms with E-state index >= 15 is 0 Å². The van der Waals surface area contributed by atoms with Crippen LogP contribution < -0.4 is 0 Å². The molecule has 0 bridgehead atoms. The quantitative estimate of drug-likeness (QED) is 0.641. The van der Waals surface area contributed by atoms with E-state index in [4.69, 9.17) is 9.15 Å². The van der Waals surface area contributed by atoms with Gasteiger partial charge in [-0.1, -0.05) is 0 Å². The second-order valence-electron chi connectivity index (χ2n) is 3.59. The van der Waals surface area contributed by atoms with Crippen LogP contribution in [0.5, 0.6) is 0 Å². The number of aromatic nitrogens is 3. The fraction of sp³-hybridized carbons (Fsp3) is 0.0833. The molecule has 90 valence electrons. The minimum absolute atomic E-state index is 0.366. The van der Waals surface area contributed by atoms with E-state index in [1.807, 2.05) is 0 Å². The Bertz CT molecular complexity index is 701. The average Bonchev–Trinajstić information content (AvgIpc) is 3.04. The maximum absolute atomic E-state index is 11.6. The molecule has 3 heterocycles. The summed E-state index contributed by atoms with van der Waals surface area (Å²) in [5.74, 6) is 0.532. The van der Waals surface area contributed by atoms with Crippen molar-refractivity contribution in [1.29, 1.82) is 0 Å². The molecule has 0 N–H and O–H groups in total. The summed E-state index contributed by atoms with van der Waals surface area (Å²) in [6, 6.07) is 6.86. The van der Waals surface area contributed by atoms with E-state index < -0.39 is 5.97 Å². The molecule has 6 nitrogen and oxygen atoms in total. The van der Waals surface area contributed by atoms with Gasteiger partial charge in [0.2, 0.25) is 5.82 Å². The second-order valence-corrected chi connectivity index (χ2v) is 3.59. The van der Waals surface area contributed by atoms with Crippen LogP contribution in [0.25, 0.3) is 17.2 Å². The van der Waals surface area contributed by atoms with Gasteiger partial charge in [-0.05, 0) is 24.3 Å². The van der Waals surface area contributed by atoms with Crippen LogP contribution in [0.2, 0.25) is 0 Å². The molecule has 0 aliphatic carbocycles. The zero-order valence-corrected chi connectivity index (χ0v) is 9.53. The summed E-state index contributed by atoms with van der Waals surface area (Å²) in [6.07, 6.45) is 3.25. The summed E-state index contributed by atoms with van der Waals surface area (Å²) in [5, 5.41) is 4.24. The molecule has 0 unspecified atom stereocenters. The Balaban J connectivity index is 2.20. The molecule has 6 heteroatoms. The largest absolute Gasteiger partial charge is 0.465 e. The number of hydrogen-bond donors (Lipinski definition) is 0. The molecule has 0 radical (unpaired) electrons. The molecule has 3 aromatic rings. The highest BCUT2D eigenvalue weighted by Crippen LogP contribution is 2.18. The van der Waals surface area contributed by atoms with Crippen molar-refractivity contribution in [2.45, 2.75) is 0 Å². The Morgan fingerprint density at radius 2 is 2.28 bits per heavy atom. The van der Waals surface area contributed by atoms with Gasteiger partial charge in [0, 0.05) is 6.20 Å². The first-order valence-corrected chi connectivity index (χ1v) is 5.27. The van der Waals surface area contributed by atoms with E-state index in [9.17, 15) is 4.79 Å². The number of esters is 1. The molecule has 0 aliphatic heterocycles. The van der Waals surface area contributed by atoms with Crippen molar-refractivity contribution < 1.29 is 13.9 Å². The van der Waals surface area contributed by atoms with Crippen molar-refractivity contribution >= 4 is 11.6 Å². The molecule has 3 rings (SSSR count). The number of furan rings is 1. The second kappa shape index (κ2) is 3.99. The van der Waals surface area contributed by atoms with Gasteiger partial charge in [0.25, 0.3) is 0 Å². The predicted molar refractivity (Wildman–Crippen MR) is 62.0 cm³/mol. The Morgan fingerprint density at radius 3 is 3.00 bits per heavy atom. The summed E-state index contributed by atoms with van der Waals surface area (Å²) in [6.45, 7) is 0. The van der Waals surface area contributed by atoms with Gasteiger partial charge in [0.05, 0.1) is 13.4 Å². The maximum Gasteiger partial charge on any atom is 0.341 e. The summed E-state index contributed by atoms with van der Waals surface area (Å²) in [4.78, 5) is 15.9. The highest BCUT2D eigenvalue weighted by molar-refractivity contribution is 5.95. The summed E-state index contributed by atoms with van der Waals surface area (Å²) in [5.41, 5.74) is 0.807. The number of methoxy groups -OCH3 is 1. The Hall–Kier alpha value is -2.63. The summed E-state index contributed by atoms with van der Waals surface area (Å²) >= 11 is 0. The minimum atomic E-state index is -0.445. The van der Waals surface area contributed by atoms with Crippen molar-refractivity contribution in [2.24, 2.45) is 0 Å². The topological polar surface area (TPSA) is 69.6 Å². The van der Waals surface area contributed by atoms with Gasteiger partial charge in [-0.15, -0.1) is 5.10 Å². The zero-order valence-electron chi connectivity index (χ0n) is 9.53. The van der Waals surface area contributed by atoms with Gasteiger partial charge in [-0.25, -0.2) is 14.3 Å². The monoisotopic (exact) mass is 243 g/mol. The number of carbonyl (C=O) groups excluding carboxylic acids is 1. The number of nitrogens with zero attached hydrogens (tertiary/aromatic N) is 3. The van der Waals surface area contributed by atoms with E-state index in [0.717, 1.165) is 0 Å². The SMILES string of the molecule is COC(=O)c1cccn2nc(-c3ccco3)nc12. The molecule has 0 spiro atoms. The Kier molecular flexibility index (Phi) is 2.33. The number of fused-ring (bicyclic) bond motifs is 1. The van der Waals surface area contributed by atoms with Crippen LogP contribution >= 0.6 is 0 Å². The fourth-order valence-corrected chi connectivity index (χ4v) is 1.69. The van der Waals surface area contributed by atoms with E-state index in [1.165, 1.54) is 11.6 Å². The van der Waals surface area contributed by atoms with Gasteiger partial charge in [-0.2, -0.15) is 0 Å². The first-order valence-electron chi connectivity index (χ1n) is 5.27. The lowest BCUT2D eigenvalue weighted by Gasteiger charge is -1.98. The molecule has 3 aromatic heterocycles. The van der Waals surface area contributed by atoms with Crippen LogP contribution in [0.15, 0.2) is 41.1 Å². The molecule has 0 amide bonds. The van der Waals surface area contributed by atoms with E-state index in [1.54, 1.807) is 36.7 Å². The number of pyridine rings is 1. The molecule has 18 heavy (non-hydrogen) atoms. The average molecular weight is 243 g/mol. The normalized spacial score (nSPS) is 10.7. The smallest absolute Gasteiger partial charge is 0.341 e. The third kappa shape index (κ3) is 1.55. The van der Waals surface area contributed by atoms with Crippen molar-refractivity contribution in [1.82, 2.24) is 14.6 Å². The molecular weight excluding hydrogens is 234 g/mol. The van der Waals surface area contributed by atoms with E-state index in [-0.39, 0.29) is 0 Å². The minimum Gasteiger partial charge on any atom is -0.465 e. The van der Waals surface area contributed by atoms with Crippen LogP contribution in [-0.2, 0) is 4.74 Å². The lowest BCUT2D eigenvalue weighted by Crippen LogP contribution is -2.04. The molecule has 0 aliphatic rings. The predicted octanol–water partition coefficient (Wildman–Crippen LogP) is 1.78. The number of ether oxygens (including phenoxy) is 1. The third-order valence-electron chi connectivity index (χ3n) is 2.51. The van der Waals surface area contributed by atoms with Gasteiger partial charge in [0.15, 0.2) is 11.4 Å². The van der Waals surface area contributed by atoms with Crippen LogP contribution in [0, 0.1) is 0 Å². The highest BCUT2D eigenvalue weighted by Gasteiger charge is 2.15. The number of carbonyl (C=O) groups is 1. The molecule has 0 fully saturated rings. The highest BCUT2D eigenvalue weighted by atomic mass is 16.5. The van der Waals surface area contributed by atoms with Crippen LogP contribution in [0.1, 0.15) is 10.4 Å². The molecule has 0 saturated carbocycles. The first kappa shape index (κ1) is 10.5. The van der Waals surface area contributed by atoms with Crippen LogP contribution in [-0.4, -0.2) is 27.7 Å². The lowest BCUT2D eigenvalue weighted by molar-refractivity contribution is 0.0602. The van der Waals surface area contributed by atoms with Crippen molar-refractivity contribution in [3.05, 3.63) is 42.3 Å². The lowest BCUT2D eigenvalue weighted by atomic mass is 10.3. The third-order valence-corrected chi connectivity index (χ3v) is 2.51. The molecule has 0 aromatic carbocycles. The first-order chi connectivity index (χ1) is 8.79. The molecule has 0 saturated heterocycles. The number of hydrogen-bond acceptors (Lipinski definition) is 5. The summed E-state index contributed by atoms with van der Waals surface area (Å²) in [7, 11) is 1.33. The number of rotatable bonds is 2. The van der Waals surface area contributed by atoms with Gasteiger partial charge >= 0.3 is 5.97 Å². The van der Waals surface area contributed by atoms with Gasteiger partial charge in [0.1, 0.15) is 5.56 Å². The molecule has 0 atom stereocenters. The standard InChI is InChI=1S/C12H9N3O3/c1-17-12(16)8-4-2-6-15-11(8)13-10(14-15)9-5-3-7-18-9/h2-7H,1H3. The summed E-state index contributed by atoms with van der Waals surface area (Å²) < 4.78 is 11.4.